The average Bonchev–Trinajstić information content (AvgIpc) is 2.75. The molecule has 0 aromatic heterocycles. The summed E-state index contributed by atoms with van der Waals surface area (Å²) in [6, 6.07) is 3.52. The number of benzene rings is 1. The second kappa shape index (κ2) is 2.33. The maximum Gasteiger partial charge on any atom is 0.231 e. The third-order valence-corrected chi connectivity index (χ3v) is 2.82. The van der Waals surface area contributed by atoms with Crippen molar-refractivity contribution in [3.63, 3.8) is 0 Å². The van der Waals surface area contributed by atoms with Crippen LogP contribution in [0.1, 0.15) is 18.4 Å². The van der Waals surface area contributed by atoms with Crippen LogP contribution in [0.3, 0.4) is 0 Å². The minimum absolute atomic E-state index is 0.117. The van der Waals surface area contributed by atoms with Gasteiger partial charge < -0.3 is 20.3 Å². The minimum atomic E-state index is -0.252. The van der Waals surface area contributed by atoms with Gasteiger partial charge in [0, 0.05) is 5.54 Å². The molecule has 4 nitrogen and oxygen atoms in total. The van der Waals surface area contributed by atoms with E-state index in [4.69, 9.17) is 15.2 Å². The lowest BCUT2D eigenvalue weighted by molar-refractivity contribution is 0.171. The monoisotopic (exact) mass is 193 g/mol. The number of phenolic OH excluding ortho intramolecular Hbond substituents is 1. The fraction of sp³-hybridized carbons (Fsp3) is 0.400. The molecule has 74 valence electrons. The van der Waals surface area contributed by atoms with Crippen molar-refractivity contribution in [2.45, 2.75) is 18.4 Å². The van der Waals surface area contributed by atoms with Gasteiger partial charge in [-0.05, 0) is 30.5 Å². The summed E-state index contributed by atoms with van der Waals surface area (Å²) in [7, 11) is 0. The van der Waals surface area contributed by atoms with Crippen molar-refractivity contribution in [3.05, 3.63) is 17.7 Å². The first-order valence-electron chi connectivity index (χ1n) is 4.61. The first kappa shape index (κ1) is 7.94. The number of phenols is 1. The van der Waals surface area contributed by atoms with Gasteiger partial charge >= 0.3 is 0 Å². The number of nitrogens with two attached hydrogens (primary N) is 1. The Labute approximate surface area is 81.2 Å². The van der Waals surface area contributed by atoms with E-state index in [2.05, 4.69) is 0 Å². The van der Waals surface area contributed by atoms with Gasteiger partial charge in [-0.15, -0.1) is 0 Å². The summed E-state index contributed by atoms with van der Waals surface area (Å²) in [6.45, 7) is 0.171. The van der Waals surface area contributed by atoms with Crippen LogP contribution in [0, 0.1) is 0 Å². The van der Waals surface area contributed by atoms with E-state index in [1.807, 2.05) is 6.07 Å². The Balaban J connectivity index is 2.12. The van der Waals surface area contributed by atoms with Crippen LogP contribution in [-0.2, 0) is 5.54 Å². The molecule has 1 aromatic carbocycles. The summed E-state index contributed by atoms with van der Waals surface area (Å²) >= 11 is 0. The molecule has 0 saturated heterocycles. The predicted octanol–water partition coefficient (Wildman–Crippen LogP) is 1.07. The molecule has 1 saturated carbocycles. The molecular formula is C10H11NO3. The van der Waals surface area contributed by atoms with Gasteiger partial charge in [0.15, 0.2) is 11.5 Å². The van der Waals surface area contributed by atoms with Gasteiger partial charge in [0.2, 0.25) is 12.5 Å². The predicted molar refractivity (Wildman–Crippen MR) is 49.3 cm³/mol. The maximum atomic E-state index is 9.64. The summed E-state index contributed by atoms with van der Waals surface area (Å²) in [5, 5.41) is 9.64. The van der Waals surface area contributed by atoms with Gasteiger partial charge in [-0.3, -0.25) is 0 Å². The zero-order valence-electron chi connectivity index (χ0n) is 7.62. The lowest BCUT2D eigenvalue weighted by Gasteiger charge is -2.10. The van der Waals surface area contributed by atoms with Gasteiger partial charge in [0.1, 0.15) is 0 Å². The Morgan fingerprint density at radius 1 is 1.29 bits per heavy atom. The first-order chi connectivity index (χ1) is 6.69. The normalized spacial score (nSPS) is 20.9. The third kappa shape index (κ3) is 0.974. The highest BCUT2D eigenvalue weighted by Gasteiger charge is 2.41. The molecule has 0 bridgehead atoms. The summed E-state index contributed by atoms with van der Waals surface area (Å²) in [4.78, 5) is 0. The van der Waals surface area contributed by atoms with Gasteiger partial charge in [0.05, 0.1) is 0 Å². The van der Waals surface area contributed by atoms with Gasteiger partial charge in [-0.2, -0.15) is 0 Å². The summed E-state index contributed by atoms with van der Waals surface area (Å²) < 4.78 is 10.3. The Morgan fingerprint density at radius 2 is 2.07 bits per heavy atom. The van der Waals surface area contributed by atoms with Crippen LogP contribution in [0.5, 0.6) is 17.2 Å². The van der Waals surface area contributed by atoms with E-state index in [-0.39, 0.29) is 18.1 Å². The van der Waals surface area contributed by atoms with Gasteiger partial charge in [-0.25, -0.2) is 0 Å². The molecule has 0 spiro atoms. The van der Waals surface area contributed by atoms with Crippen molar-refractivity contribution in [1.29, 1.82) is 0 Å². The van der Waals surface area contributed by atoms with E-state index in [0.717, 1.165) is 18.4 Å². The van der Waals surface area contributed by atoms with E-state index >= 15 is 0 Å². The van der Waals surface area contributed by atoms with Crippen molar-refractivity contribution in [2.75, 3.05) is 6.79 Å². The quantitative estimate of drug-likeness (QED) is 0.700. The van der Waals surface area contributed by atoms with Gasteiger partial charge in [-0.1, -0.05) is 0 Å². The average molecular weight is 193 g/mol. The summed E-state index contributed by atoms with van der Waals surface area (Å²) in [5.41, 5.74) is 6.70. The SMILES string of the molecule is NC1(c2cc(O)c3c(c2)OCO3)CC1. The molecular weight excluding hydrogens is 182 g/mol. The highest BCUT2D eigenvalue weighted by Crippen LogP contribution is 2.49. The number of aromatic hydroxyl groups is 1. The van der Waals surface area contributed by atoms with Crippen molar-refractivity contribution < 1.29 is 14.6 Å². The van der Waals surface area contributed by atoms with Crippen molar-refractivity contribution in [3.8, 4) is 17.2 Å². The molecule has 1 aliphatic carbocycles. The zero-order valence-corrected chi connectivity index (χ0v) is 7.62. The molecule has 3 rings (SSSR count). The third-order valence-electron chi connectivity index (χ3n) is 2.82. The Hall–Kier alpha value is -1.42. The van der Waals surface area contributed by atoms with E-state index in [1.165, 1.54) is 0 Å². The molecule has 0 unspecified atom stereocenters. The van der Waals surface area contributed by atoms with E-state index in [9.17, 15) is 5.11 Å². The zero-order chi connectivity index (χ0) is 9.76. The topological polar surface area (TPSA) is 64.7 Å². The molecule has 1 fully saturated rings. The molecule has 1 heterocycles. The van der Waals surface area contributed by atoms with Crippen LogP contribution in [-0.4, -0.2) is 11.9 Å². The maximum absolute atomic E-state index is 9.64. The van der Waals surface area contributed by atoms with Crippen LogP contribution in [0.4, 0.5) is 0 Å². The summed E-state index contributed by atoms with van der Waals surface area (Å²) in [6.07, 6.45) is 1.93. The number of hydrogen-bond donors (Lipinski definition) is 2. The highest BCUT2D eigenvalue weighted by molar-refractivity contribution is 5.56. The molecule has 0 atom stereocenters. The Morgan fingerprint density at radius 3 is 2.79 bits per heavy atom. The number of fused-ring (bicyclic) bond motifs is 1. The van der Waals surface area contributed by atoms with Crippen LogP contribution in [0.25, 0.3) is 0 Å². The van der Waals surface area contributed by atoms with Crippen LogP contribution < -0.4 is 15.2 Å². The fourth-order valence-electron chi connectivity index (χ4n) is 1.70. The Kier molecular flexibility index (Phi) is 1.32. The van der Waals surface area contributed by atoms with E-state index in [1.54, 1.807) is 6.07 Å². The van der Waals surface area contributed by atoms with Crippen LogP contribution in [0.2, 0.25) is 0 Å². The fourth-order valence-corrected chi connectivity index (χ4v) is 1.70. The molecule has 1 aromatic rings. The standard InChI is InChI=1S/C10H11NO3/c11-10(1-2-10)6-3-7(12)9-8(4-6)13-5-14-9/h3-4,12H,1-2,5,11H2. The van der Waals surface area contributed by atoms with Crippen molar-refractivity contribution in [2.24, 2.45) is 5.73 Å². The van der Waals surface area contributed by atoms with Crippen LogP contribution >= 0.6 is 0 Å². The second-order valence-electron chi connectivity index (χ2n) is 3.89. The first-order valence-corrected chi connectivity index (χ1v) is 4.61. The molecule has 1 aliphatic heterocycles. The highest BCUT2D eigenvalue weighted by atomic mass is 16.7. The van der Waals surface area contributed by atoms with E-state index < -0.39 is 0 Å². The second-order valence-corrected chi connectivity index (χ2v) is 3.89. The minimum Gasteiger partial charge on any atom is -0.504 e. The smallest absolute Gasteiger partial charge is 0.231 e. The lowest BCUT2D eigenvalue weighted by atomic mass is 10.0. The molecule has 4 heteroatoms. The molecule has 14 heavy (non-hydrogen) atoms. The van der Waals surface area contributed by atoms with Gasteiger partial charge in [0.25, 0.3) is 0 Å². The number of rotatable bonds is 1. The molecule has 2 aliphatic rings. The van der Waals surface area contributed by atoms with Crippen LogP contribution in [0.15, 0.2) is 12.1 Å². The van der Waals surface area contributed by atoms with Crippen molar-refractivity contribution >= 4 is 0 Å². The molecule has 3 N–H and O–H groups in total. The number of ether oxygens (including phenoxy) is 2. The van der Waals surface area contributed by atoms with E-state index in [0.29, 0.717) is 11.5 Å². The Bertz CT molecular complexity index is 399. The largest absolute Gasteiger partial charge is 0.504 e. The molecule has 0 amide bonds. The lowest BCUT2D eigenvalue weighted by Crippen LogP contribution is -2.18. The van der Waals surface area contributed by atoms with Crippen molar-refractivity contribution in [1.82, 2.24) is 0 Å². The molecule has 0 radical (unpaired) electrons. The number of hydrogen-bond acceptors (Lipinski definition) is 4. The summed E-state index contributed by atoms with van der Waals surface area (Å²) in [5.74, 6) is 1.14.